The molecule has 0 radical (unpaired) electrons. The molecule has 0 N–H and O–H groups in total. The van der Waals surface area contributed by atoms with Crippen molar-refractivity contribution >= 4 is 27.9 Å². The molecule has 0 saturated heterocycles. The molecule has 0 amide bonds. The van der Waals surface area contributed by atoms with Crippen molar-refractivity contribution in [3.05, 3.63) is 51.7 Å². The van der Waals surface area contributed by atoms with E-state index in [1.54, 1.807) is 11.3 Å². The molecule has 2 saturated carbocycles. The minimum atomic E-state index is -2.52. The van der Waals surface area contributed by atoms with Gasteiger partial charge in [-0.05, 0) is 44.1 Å². The minimum absolute atomic E-state index is 0.0632. The van der Waals surface area contributed by atoms with Gasteiger partial charge in [-0.2, -0.15) is 0 Å². The summed E-state index contributed by atoms with van der Waals surface area (Å²) in [6.07, 6.45) is 11.5. The number of aromatic nitrogens is 2. The van der Waals surface area contributed by atoms with E-state index < -0.39 is 11.3 Å². The normalized spacial score (nSPS) is 25.1. The van der Waals surface area contributed by atoms with Crippen molar-refractivity contribution in [2.45, 2.75) is 82.6 Å². The molecule has 2 aliphatic carbocycles. The molecule has 1 aromatic carbocycles. The Balaban J connectivity index is 0.969. The Bertz CT molecular complexity index is 1300. The molecule has 3 aromatic rings. The van der Waals surface area contributed by atoms with Gasteiger partial charge in [0.25, 0.3) is 0 Å². The number of ketones is 1. The fraction of sp³-hybridized carbons (Fsp3) is 0.600. The average Bonchev–Trinajstić information content (AvgIpc) is 3.44. The number of hydrogen-bond acceptors (Lipinski definition) is 4. The molecule has 2 aromatic heterocycles. The summed E-state index contributed by atoms with van der Waals surface area (Å²) >= 11 is 1.67. The lowest BCUT2D eigenvalue weighted by Crippen LogP contribution is -2.47. The number of fused-ring (bicyclic) bond motifs is 2. The van der Waals surface area contributed by atoms with Gasteiger partial charge in [0, 0.05) is 78.4 Å². The number of carbonyl (C=O) groups is 1. The molecule has 0 atom stereocenters. The molecule has 1 aliphatic heterocycles. The number of alkyl halides is 2. The molecular weight excluding hydrogens is 488 g/mol. The average molecular weight is 526 g/mol. The Morgan fingerprint density at radius 1 is 1.14 bits per heavy atom. The van der Waals surface area contributed by atoms with Crippen molar-refractivity contribution in [1.82, 2.24) is 14.5 Å². The minimum Gasteiger partial charge on any atom is -0.356 e. The Kier molecular flexibility index (Phi) is 6.51. The van der Waals surface area contributed by atoms with Gasteiger partial charge in [-0.15, -0.1) is 11.3 Å². The second-order valence-corrected chi connectivity index (χ2v) is 13.3. The summed E-state index contributed by atoms with van der Waals surface area (Å²) in [4.78, 5) is 21.8. The molecule has 37 heavy (non-hydrogen) atoms. The van der Waals surface area contributed by atoms with Crippen molar-refractivity contribution in [1.29, 1.82) is 0 Å². The summed E-state index contributed by atoms with van der Waals surface area (Å²) in [6.45, 7) is 4.91. The zero-order valence-corrected chi connectivity index (χ0v) is 22.8. The van der Waals surface area contributed by atoms with Crippen LogP contribution in [0.1, 0.15) is 84.2 Å². The number of rotatable bonds is 7. The van der Waals surface area contributed by atoms with Crippen LogP contribution in [-0.2, 0) is 25.4 Å². The number of hydrogen-bond donors (Lipinski definition) is 0. The van der Waals surface area contributed by atoms with Crippen LogP contribution < -0.4 is 0 Å². The van der Waals surface area contributed by atoms with Crippen LogP contribution in [0.4, 0.5) is 8.78 Å². The van der Waals surface area contributed by atoms with Crippen LogP contribution in [0, 0.1) is 11.8 Å². The molecule has 0 bridgehead atoms. The van der Waals surface area contributed by atoms with Crippen molar-refractivity contribution in [2.75, 3.05) is 13.1 Å². The SMILES string of the molecule is Cn1cc2cccc(C(=O)CC3CCC(CCN4CCc5sc(C6(C)CC(F)(F)C6)nc5C4)CC3)c2c1. The molecule has 3 heterocycles. The van der Waals surface area contributed by atoms with Gasteiger partial charge in [-0.25, -0.2) is 13.8 Å². The predicted molar refractivity (Wildman–Crippen MR) is 145 cm³/mol. The van der Waals surface area contributed by atoms with Gasteiger partial charge in [-0.1, -0.05) is 38.0 Å². The molecule has 4 nitrogen and oxygen atoms in total. The van der Waals surface area contributed by atoms with Gasteiger partial charge in [0.05, 0.1) is 10.7 Å². The third-order valence-electron chi connectivity index (χ3n) is 9.03. The first-order valence-corrected chi connectivity index (χ1v) is 14.7. The van der Waals surface area contributed by atoms with E-state index in [2.05, 4.69) is 23.4 Å². The summed E-state index contributed by atoms with van der Waals surface area (Å²) < 4.78 is 29.1. The van der Waals surface area contributed by atoms with E-state index in [1.807, 2.05) is 30.7 Å². The van der Waals surface area contributed by atoms with E-state index in [0.717, 1.165) is 71.9 Å². The smallest absolute Gasteiger partial charge is 0.250 e. The Hall–Kier alpha value is -2.12. The van der Waals surface area contributed by atoms with Crippen molar-refractivity contribution in [3.8, 4) is 0 Å². The number of carbonyl (C=O) groups excluding carboxylic acids is 1. The van der Waals surface area contributed by atoms with Crippen LogP contribution in [0.3, 0.4) is 0 Å². The van der Waals surface area contributed by atoms with Crippen LogP contribution >= 0.6 is 11.3 Å². The van der Waals surface area contributed by atoms with E-state index in [9.17, 15) is 13.6 Å². The summed E-state index contributed by atoms with van der Waals surface area (Å²) in [7, 11) is 2.01. The summed E-state index contributed by atoms with van der Waals surface area (Å²) in [5.41, 5.74) is 1.55. The number of Topliss-reactive ketones (excluding diaryl/α,β-unsaturated/α-hetero) is 1. The molecule has 6 rings (SSSR count). The van der Waals surface area contributed by atoms with Gasteiger partial charge < -0.3 is 4.57 Å². The van der Waals surface area contributed by atoms with Crippen LogP contribution in [0.2, 0.25) is 0 Å². The van der Waals surface area contributed by atoms with Crippen molar-refractivity contribution in [3.63, 3.8) is 0 Å². The Morgan fingerprint density at radius 3 is 2.65 bits per heavy atom. The lowest BCUT2D eigenvalue weighted by Gasteiger charge is -2.43. The number of halogens is 2. The summed E-state index contributed by atoms with van der Waals surface area (Å²) in [6, 6.07) is 6.05. The molecule has 198 valence electrons. The maximum absolute atomic E-state index is 13.5. The van der Waals surface area contributed by atoms with E-state index in [4.69, 9.17) is 4.98 Å². The predicted octanol–water partition coefficient (Wildman–Crippen LogP) is 7.15. The maximum Gasteiger partial charge on any atom is 0.250 e. The largest absolute Gasteiger partial charge is 0.356 e. The Labute approximate surface area is 222 Å². The summed E-state index contributed by atoms with van der Waals surface area (Å²) in [5, 5.41) is 3.12. The van der Waals surface area contributed by atoms with Crippen molar-refractivity contribution < 1.29 is 13.6 Å². The zero-order valence-electron chi connectivity index (χ0n) is 21.9. The van der Waals surface area contributed by atoms with Gasteiger partial charge in [0.1, 0.15) is 0 Å². The fourth-order valence-corrected chi connectivity index (χ4v) is 8.15. The fourth-order valence-electron chi connectivity index (χ4n) is 6.95. The maximum atomic E-state index is 13.5. The van der Waals surface area contributed by atoms with E-state index >= 15 is 0 Å². The lowest BCUT2D eigenvalue weighted by molar-refractivity contribution is -0.121. The van der Waals surface area contributed by atoms with E-state index in [1.165, 1.54) is 24.1 Å². The van der Waals surface area contributed by atoms with Crippen molar-refractivity contribution in [2.24, 2.45) is 18.9 Å². The number of thiazole rings is 1. The third-order valence-corrected chi connectivity index (χ3v) is 10.5. The second-order valence-electron chi connectivity index (χ2n) is 12.2. The second kappa shape index (κ2) is 9.57. The van der Waals surface area contributed by atoms with E-state index in [0.29, 0.717) is 12.3 Å². The topological polar surface area (TPSA) is 38.1 Å². The molecule has 0 spiro atoms. The number of aryl methyl sites for hydroxylation is 1. The van der Waals surface area contributed by atoms with Crippen LogP contribution in [0.25, 0.3) is 10.8 Å². The highest BCUT2D eigenvalue weighted by Gasteiger charge is 2.56. The standard InChI is InChI=1S/C30H37F2N3OS/c1-29(18-30(31,32)19-29)28-33-25-17-35(13-11-27(25)37-28)12-10-20-6-8-21(9-7-20)14-26(36)23-5-3-4-22-15-34(2)16-24(22)23/h3-5,15-16,20-21H,6-14,17-19H2,1-2H3. The van der Waals surface area contributed by atoms with Gasteiger partial charge in [0.15, 0.2) is 5.78 Å². The first kappa shape index (κ1) is 25.2. The van der Waals surface area contributed by atoms with Crippen LogP contribution in [0.5, 0.6) is 0 Å². The molecule has 3 aliphatic rings. The van der Waals surface area contributed by atoms with Gasteiger partial charge >= 0.3 is 0 Å². The first-order valence-electron chi connectivity index (χ1n) is 13.8. The van der Waals surface area contributed by atoms with Crippen LogP contribution in [0.15, 0.2) is 30.6 Å². The Morgan fingerprint density at radius 2 is 1.89 bits per heavy atom. The highest BCUT2D eigenvalue weighted by molar-refractivity contribution is 7.12. The third kappa shape index (κ3) is 5.14. The van der Waals surface area contributed by atoms with E-state index in [-0.39, 0.29) is 18.6 Å². The molecule has 2 fully saturated rings. The monoisotopic (exact) mass is 525 g/mol. The van der Waals surface area contributed by atoms with Crippen LogP contribution in [-0.4, -0.2) is 39.2 Å². The van der Waals surface area contributed by atoms with Gasteiger partial charge in [0.2, 0.25) is 5.92 Å². The quantitative estimate of drug-likeness (QED) is 0.308. The van der Waals surface area contributed by atoms with Gasteiger partial charge in [-0.3, -0.25) is 9.69 Å². The summed E-state index contributed by atoms with van der Waals surface area (Å²) in [5.74, 6) is -1.01. The molecular formula is C30H37F2N3OS. The highest BCUT2D eigenvalue weighted by Crippen LogP contribution is 2.54. The first-order chi connectivity index (χ1) is 17.7. The number of benzene rings is 1. The molecule has 7 heteroatoms. The lowest BCUT2D eigenvalue weighted by atomic mass is 9.68. The zero-order chi connectivity index (χ0) is 25.8. The number of nitrogens with zero attached hydrogens (tertiary/aromatic N) is 3. The molecule has 0 unspecified atom stereocenters. The highest BCUT2D eigenvalue weighted by atomic mass is 32.1.